The largest absolute Gasteiger partial charge is 0.486 e. The lowest BCUT2D eigenvalue weighted by Crippen LogP contribution is -2.05. The summed E-state index contributed by atoms with van der Waals surface area (Å²) < 4.78 is 20.5. The molecule has 0 spiro atoms. The highest BCUT2D eigenvalue weighted by molar-refractivity contribution is 6.30. The van der Waals surface area contributed by atoms with Crippen LogP contribution in [0.2, 0.25) is 5.02 Å². The van der Waals surface area contributed by atoms with Crippen LogP contribution in [0.1, 0.15) is 49.3 Å². The Labute approximate surface area is 165 Å². The first-order valence-corrected chi connectivity index (χ1v) is 9.70. The molecule has 0 bridgehead atoms. The van der Waals surface area contributed by atoms with Gasteiger partial charge < -0.3 is 9.53 Å². The van der Waals surface area contributed by atoms with Gasteiger partial charge in [-0.2, -0.15) is 0 Å². The van der Waals surface area contributed by atoms with Gasteiger partial charge in [-0.15, -0.1) is 0 Å². The number of Topliss-reactive ketones (excluding diaryl/α,β-unsaturated/α-hetero) is 1. The number of carbonyl (C=O) groups excluding carboxylic acids is 1. The van der Waals surface area contributed by atoms with Crippen molar-refractivity contribution in [2.45, 2.75) is 46.0 Å². The van der Waals surface area contributed by atoms with Crippen molar-refractivity contribution in [3.05, 3.63) is 69.5 Å². The van der Waals surface area contributed by atoms with Crippen molar-refractivity contribution in [3.8, 4) is 5.75 Å². The van der Waals surface area contributed by atoms with Crippen molar-refractivity contribution in [2.75, 3.05) is 6.61 Å². The van der Waals surface area contributed by atoms with E-state index in [1.807, 2.05) is 30.3 Å². The molecule has 142 valence electrons. The molecule has 0 fully saturated rings. The van der Waals surface area contributed by atoms with Gasteiger partial charge in [0.05, 0.1) is 0 Å². The molecule has 2 nitrogen and oxygen atoms in total. The zero-order chi connectivity index (χ0) is 19.4. The summed E-state index contributed by atoms with van der Waals surface area (Å²) in [5.74, 6) is 0.0506. The number of hydrogen-bond donors (Lipinski definition) is 0. The minimum Gasteiger partial charge on any atom is -0.486 e. The lowest BCUT2D eigenvalue weighted by Gasteiger charge is -2.14. The summed E-state index contributed by atoms with van der Waals surface area (Å²) in [5.41, 5.74) is 5.08. The van der Waals surface area contributed by atoms with Gasteiger partial charge in [-0.3, -0.25) is 0 Å². The van der Waals surface area contributed by atoms with Crippen molar-refractivity contribution in [2.24, 2.45) is 0 Å². The normalized spacial score (nSPS) is 13.9. The Morgan fingerprint density at radius 1 is 1.15 bits per heavy atom. The predicted octanol–water partition coefficient (Wildman–Crippen LogP) is 6.33. The number of carbonyl (C=O) groups is 1. The van der Waals surface area contributed by atoms with Crippen LogP contribution in [0.4, 0.5) is 4.39 Å². The van der Waals surface area contributed by atoms with Gasteiger partial charge in [0, 0.05) is 11.4 Å². The van der Waals surface area contributed by atoms with Crippen LogP contribution in [-0.2, 0) is 11.2 Å². The van der Waals surface area contributed by atoms with Crippen LogP contribution in [0.5, 0.6) is 5.75 Å². The Morgan fingerprint density at radius 2 is 1.89 bits per heavy atom. The summed E-state index contributed by atoms with van der Waals surface area (Å²) in [4.78, 5) is 11.2. The minimum absolute atomic E-state index is 0.109. The summed E-state index contributed by atoms with van der Waals surface area (Å²) in [7, 11) is 0. The fourth-order valence-corrected chi connectivity index (χ4v) is 3.65. The van der Waals surface area contributed by atoms with E-state index in [4.69, 9.17) is 16.3 Å². The number of halogens is 2. The molecule has 0 atom stereocenters. The number of ketones is 1. The van der Waals surface area contributed by atoms with Crippen molar-refractivity contribution >= 4 is 23.0 Å². The van der Waals surface area contributed by atoms with Crippen LogP contribution < -0.4 is 4.74 Å². The quantitative estimate of drug-likeness (QED) is 0.556. The molecule has 1 aliphatic carbocycles. The fraction of sp³-hybridized carbons (Fsp3) is 0.348. The second-order valence-electron chi connectivity index (χ2n) is 7.10. The molecule has 0 saturated heterocycles. The van der Waals surface area contributed by atoms with Crippen LogP contribution in [0.25, 0.3) is 5.57 Å². The number of ether oxygens (including phenoxy) is 1. The standard InChI is InChI=1S/C23H24ClFO2/c1-15(26)6-7-17-10-13-22(23(25)16(17)2)27-14-19-4-3-5-21(19)18-8-11-20(24)12-9-18/h8-13H,3-7,14H2,1-2H3. The van der Waals surface area contributed by atoms with E-state index in [-0.39, 0.29) is 17.3 Å². The predicted molar refractivity (Wildman–Crippen MR) is 108 cm³/mol. The summed E-state index contributed by atoms with van der Waals surface area (Å²) in [5, 5.41) is 0.720. The van der Waals surface area contributed by atoms with E-state index in [9.17, 15) is 9.18 Å². The SMILES string of the molecule is CC(=O)CCc1ccc(OCC2=C(c3ccc(Cl)cc3)CCC2)c(F)c1C. The molecule has 0 unspecified atom stereocenters. The zero-order valence-corrected chi connectivity index (χ0v) is 16.5. The number of hydrogen-bond acceptors (Lipinski definition) is 2. The third-order valence-corrected chi connectivity index (χ3v) is 5.39. The Morgan fingerprint density at radius 3 is 2.59 bits per heavy atom. The number of aryl methyl sites for hydroxylation is 1. The summed E-state index contributed by atoms with van der Waals surface area (Å²) >= 11 is 5.98. The van der Waals surface area contributed by atoms with Crippen molar-refractivity contribution < 1.29 is 13.9 Å². The highest BCUT2D eigenvalue weighted by Gasteiger charge is 2.18. The highest BCUT2D eigenvalue weighted by atomic mass is 35.5. The number of rotatable bonds is 7. The Balaban J connectivity index is 1.74. The minimum atomic E-state index is -0.331. The molecule has 3 rings (SSSR count). The van der Waals surface area contributed by atoms with Crippen LogP contribution in [-0.4, -0.2) is 12.4 Å². The summed E-state index contributed by atoms with van der Waals surface area (Å²) in [6.07, 6.45) is 4.05. The molecule has 2 aromatic rings. The van der Waals surface area contributed by atoms with Gasteiger partial charge in [0.2, 0.25) is 0 Å². The third kappa shape index (κ3) is 4.78. The van der Waals surface area contributed by atoms with Gasteiger partial charge in [0.25, 0.3) is 0 Å². The first kappa shape index (κ1) is 19.6. The summed E-state index contributed by atoms with van der Waals surface area (Å²) in [6, 6.07) is 11.4. The van der Waals surface area contributed by atoms with E-state index >= 15 is 0 Å². The van der Waals surface area contributed by atoms with E-state index in [0.717, 1.165) is 35.4 Å². The first-order chi connectivity index (χ1) is 13.0. The summed E-state index contributed by atoms with van der Waals surface area (Å²) in [6.45, 7) is 3.68. The second-order valence-corrected chi connectivity index (χ2v) is 7.53. The monoisotopic (exact) mass is 386 g/mol. The van der Waals surface area contributed by atoms with Gasteiger partial charge in [0.15, 0.2) is 11.6 Å². The molecule has 0 saturated carbocycles. The maximum Gasteiger partial charge on any atom is 0.168 e. The topological polar surface area (TPSA) is 26.3 Å². The van der Waals surface area contributed by atoms with Gasteiger partial charge in [-0.05, 0) is 85.6 Å². The Bertz CT molecular complexity index is 869. The van der Waals surface area contributed by atoms with E-state index < -0.39 is 0 Å². The molecule has 0 aliphatic heterocycles. The van der Waals surface area contributed by atoms with Crippen molar-refractivity contribution in [1.82, 2.24) is 0 Å². The van der Waals surface area contributed by atoms with Crippen LogP contribution in [0.15, 0.2) is 42.0 Å². The van der Waals surface area contributed by atoms with Crippen molar-refractivity contribution in [3.63, 3.8) is 0 Å². The molecule has 0 N–H and O–H groups in total. The Hall–Kier alpha value is -2.13. The highest BCUT2D eigenvalue weighted by Crippen LogP contribution is 2.35. The molecule has 0 aromatic heterocycles. The zero-order valence-electron chi connectivity index (χ0n) is 15.8. The van der Waals surface area contributed by atoms with E-state index in [1.165, 1.54) is 11.1 Å². The van der Waals surface area contributed by atoms with E-state index in [2.05, 4.69) is 0 Å². The number of benzene rings is 2. The van der Waals surface area contributed by atoms with E-state index in [1.54, 1.807) is 19.9 Å². The average molecular weight is 387 g/mol. The molecule has 4 heteroatoms. The van der Waals surface area contributed by atoms with Crippen LogP contribution >= 0.6 is 11.6 Å². The smallest absolute Gasteiger partial charge is 0.168 e. The van der Waals surface area contributed by atoms with Gasteiger partial charge in [0.1, 0.15) is 12.4 Å². The lowest BCUT2D eigenvalue weighted by atomic mass is 10.0. The maximum absolute atomic E-state index is 14.7. The molecule has 1 aliphatic rings. The van der Waals surface area contributed by atoms with Gasteiger partial charge >= 0.3 is 0 Å². The van der Waals surface area contributed by atoms with Crippen LogP contribution in [0, 0.1) is 12.7 Å². The third-order valence-electron chi connectivity index (χ3n) is 5.14. The number of allylic oxidation sites excluding steroid dienone is 1. The molecule has 0 radical (unpaired) electrons. The Kier molecular flexibility index (Phi) is 6.33. The van der Waals surface area contributed by atoms with Gasteiger partial charge in [-0.25, -0.2) is 4.39 Å². The van der Waals surface area contributed by atoms with Crippen molar-refractivity contribution in [1.29, 1.82) is 0 Å². The van der Waals surface area contributed by atoms with E-state index in [0.29, 0.717) is 25.0 Å². The molecular weight excluding hydrogens is 363 g/mol. The average Bonchev–Trinajstić information content (AvgIpc) is 3.11. The molecular formula is C23H24ClFO2. The maximum atomic E-state index is 14.7. The van der Waals surface area contributed by atoms with Crippen LogP contribution in [0.3, 0.4) is 0 Å². The lowest BCUT2D eigenvalue weighted by molar-refractivity contribution is -0.116. The first-order valence-electron chi connectivity index (χ1n) is 9.32. The molecule has 0 heterocycles. The fourth-order valence-electron chi connectivity index (χ4n) is 3.52. The molecule has 0 amide bonds. The van der Waals surface area contributed by atoms with Gasteiger partial charge in [-0.1, -0.05) is 29.8 Å². The molecule has 2 aromatic carbocycles. The second kappa shape index (κ2) is 8.71. The molecule has 27 heavy (non-hydrogen) atoms.